The van der Waals surface area contributed by atoms with E-state index in [4.69, 9.17) is 4.74 Å². The Hall–Kier alpha value is -2.88. The Balaban J connectivity index is 1.21. The predicted octanol–water partition coefficient (Wildman–Crippen LogP) is 3.30. The molecule has 0 radical (unpaired) electrons. The molecule has 5 rings (SSSR count). The van der Waals surface area contributed by atoms with Crippen molar-refractivity contribution in [3.8, 4) is 11.8 Å². The number of likely N-dealkylation sites (tertiary alicyclic amines) is 1. The molecule has 180 valence electrons. The minimum Gasteiger partial charge on any atom is -0.484 e. The number of carbonyl (C=O) groups is 3. The molecule has 0 bridgehead atoms. The topological polar surface area (TPSA) is 99.5 Å². The summed E-state index contributed by atoms with van der Waals surface area (Å²) < 4.78 is 5.70. The predicted molar refractivity (Wildman–Crippen MR) is 125 cm³/mol. The van der Waals surface area contributed by atoms with Crippen LogP contribution in [0.4, 0.5) is 0 Å². The second-order valence-corrected chi connectivity index (χ2v) is 11.2. The molecule has 3 saturated carbocycles. The lowest BCUT2D eigenvalue weighted by Crippen LogP contribution is -2.50. The Morgan fingerprint density at radius 2 is 1.91 bits per heavy atom. The van der Waals surface area contributed by atoms with Crippen LogP contribution in [-0.2, 0) is 14.4 Å². The van der Waals surface area contributed by atoms with Gasteiger partial charge in [0.25, 0.3) is 5.91 Å². The Morgan fingerprint density at radius 3 is 2.50 bits per heavy atom. The Labute approximate surface area is 200 Å². The summed E-state index contributed by atoms with van der Waals surface area (Å²) in [7, 11) is 0. The van der Waals surface area contributed by atoms with E-state index in [-0.39, 0.29) is 41.0 Å². The van der Waals surface area contributed by atoms with Crippen molar-refractivity contribution in [2.45, 2.75) is 76.8 Å². The summed E-state index contributed by atoms with van der Waals surface area (Å²) >= 11 is 0. The molecule has 3 aliphatic carbocycles. The first-order valence-electron chi connectivity index (χ1n) is 12.5. The van der Waals surface area contributed by atoms with Gasteiger partial charge in [0.1, 0.15) is 23.6 Å². The van der Waals surface area contributed by atoms with Crippen molar-refractivity contribution in [3.05, 3.63) is 29.8 Å². The van der Waals surface area contributed by atoms with Gasteiger partial charge in [-0.25, -0.2) is 0 Å². The summed E-state index contributed by atoms with van der Waals surface area (Å²) in [6.45, 7) is 2.42. The van der Waals surface area contributed by atoms with Gasteiger partial charge in [-0.05, 0) is 74.8 Å². The fraction of sp³-hybridized carbons (Fsp3) is 0.630. The number of nitrogens with one attached hydrogen (secondary N) is 1. The number of nitrogens with zero attached hydrogens (tertiary/aromatic N) is 2. The minimum atomic E-state index is -0.714. The van der Waals surface area contributed by atoms with Gasteiger partial charge in [-0.2, -0.15) is 5.26 Å². The molecule has 1 heterocycles. The molecular weight excluding hydrogens is 430 g/mol. The van der Waals surface area contributed by atoms with Crippen LogP contribution in [0.2, 0.25) is 0 Å². The average molecular weight is 464 g/mol. The van der Waals surface area contributed by atoms with Crippen molar-refractivity contribution in [1.29, 1.82) is 5.26 Å². The quantitative estimate of drug-likeness (QED) is 0.669. The van der Waals surface area contributed by atoms with Crippen LogP contribution in [0, 0.1) is 35.0 Å². The summed E-state index contributed by atoms with van der Waals surface area (Å²) in [6, 6.07) is 8.39. The lowest BCUT2D eigenvalue weighted by molar-refractivity contribution is -0.140. The fourth-order valence-corrected chi connectivity index (χ4v) is 6.15. The number of hydrogen-bond acceptors (Lipinski definition) is 5. The van der Waals surface area contributed by atoms with Crippen LogP contribution in [0.5, 0.6) is 5.75 Å². The largest absolute Gasteiger partial charge is 0.484 e. The SMILES string of the molecule is Cc1ccc(OCC(=O)N2CC3(CCC3)CC2C(=O)N[C@H](C#N)C[C@@H]2CC3(CC3)CC2=O)cc1. The molecule has 34 heavy (non-hydrogen) atoms. The maximum atomic E-state index is 13.3. The summed E-state index contributed by atoms with van der Waals surface area (Å²) in [5.41, 5.74) is 1.30. The number of benzene rings is 1. The molecule has 2 spiro atoms. The molecule has 4 aliphatic rings. The second-order valence-electron chi connectivity index (χ2n) is 11.2. The second kappa shape index (κ2) is 8.72. The van der Waals surface area contributed by atoms with Crippen LogP contribution in [-0.4, -0.2) is 47.7 Å². The number of ketones is 1. The number of Topliss-reactive ketones (excluding diaryl/α,β-unsaturated/α-hetero) is 1. The van der Waals surface area contributed by atoms with Crippen LogP contribution < -0.4 is 10.1 Å². The monoisotopic (exact) mass is 463 g/mol. The van der Waals surface area contributed by atoms with Crippen molar-refractivity contribution >= 4 is 17.6 Å². The van der Waals surface area contributed by atoms with Crippen LogP contribution >= 0.6 is 0 Å². The molecule has 7 heteroatoms. The first-order valence-corrected chi connectivity index (χ1v) is 12.5. The first-order chi connectivity index (χ1) is 16.3. The third kappa shape index (κ3) is 4.55. The number of nitriles is 1. The van der Waals surface area contributed by atoms with Gasteiger partial charge in [-0.1, -0.05) is 24.1 Å². The number of carbonyl (C=O) groups excluding carboxylic acids is 3. The van der Waals surface area contributed by atoms with Crippen LogP contribution in [0.1, 0.15) is 63.4 Å². The highest BCUT2D eigenvalue weighted by atomic mass is 16.5. The number of amides is 2. The fourth-order valence-electron chi connectivity index (χ4n) is 6.15. The molecule has 1 saturated heterocycles. The lowest BCUT2D eigenvalue weighted by atomic mass is 9.67. The van der Waals surface area contributed by atoms with Crippen LogP contribution in [0.3, 0.4) is 0 Å². The molecule has 3 atom stereocenters. The zero-order chi connectivity index (χ0) is 23.9. The first kappa shape index (κ1) is 22.9. The van der Waals surface area contributed by atoms with E-state index in [1.54, 1.807) is 4.90 Å². The molecule has 7 nitrogen and oxygen atoms in total. The van der Waals surface area contributed by atoms with Crippen molar-refractivity contribution in [2.75, 3.05) is 13.2 Å². The highest BCUT2D eigenvalue weighted by molar-refractivity contribution is 5.89. The van der Waals surface area contributed by atoms with Crippen molar-refractivity contribution in [2.24, 2.45) is 16.7 Å². The Morgan fingerprint density at radius 1 is 1.18 bits per heavy atom. The zero-order valence-corrected chi connectivity index (χ0v) is 19.8. The highest BCUT2D eigenvalue weighted by Crippen LogP contribution is 2.59. The van der Waals surface area contributed by atoms with Crippen LogP contribution in [0.15, 0.2) is 24.3 Å². The van der Waals surface area contributed by atoms with E-state index in [1.807, 2.05) is 31.2 Å². The summed E-state index contributed by atoms with van der Waals surface area (Å²) in [5.74, 6) is 0.211. The third-order valence-electron chi connectivity index (χ3n) is 8.56. The van der Waals surface area contributed by atoms with Gasteiger partial charge in [0.05, 0.1) is 6.07 Å². The normalized spacial score (nSPS) is 26.7. The van der Waals surface area contributed by atoms with Gasteiger partial charge in [0, 0.05) is 18.9 Å². The lowest BCUT2D eigenvalue weighted by Gasteiger charge is -2.37. The zero-order valence-electron chi connectivity index (χ0n) is 19.8. The number of rotatable bonds is 7. The summed E-state index contributed by atoms with van der Waals surface area (Å²) in [4.78, 5) is 40.4. The van der Waals surface area contributed by atoms with Gasteiger partial charge >= 0.3 is 0 Å². The van der Waals surface area contributed by atoms with Gasteiger partial charge < -0.3 is 15.0 Å². The van der Waals surface area contributed by atoms with E-state index in [9.17, 15) is 19.6 Å². The van der Waals surface area contributed by atoms with E-state index in [1.165, 1.54) is 0 Å². The average Bonchev–Trinajstić information content (AvgIpc) is 3.28. The molecule has 2 amide bonds. The number of hydrogen-bond donors (Lipinski definition) is 1. The van der Waals surface area contributed by atoms with Gasteiger partial charge in [-0.15, -0.1) is 0 Å². The van der Waals surface area contributed by atoms with Gasteiger partial charge in [0.15, 0.2) is 6.61 Å². The Kier molecular flexibility index (Phi) is 5.87. The van der Waals surface area contributed by atoms with E-state index in [2.05, 4.69) is 11.4 Å². The highest BCUT2D eigenvalue weighted by Gasteiger charge is 2.53. The van der Waals surface area contributed by atoms with Gasteiger partial charge in [0.2, 0.25) is 5.91 Å². The van der Waals surface area contributed by atoms with E-state index >= 15 is 0 Å². The van der Waals surface area contributed by atoms with Crippen molar-refractivity contribution in [1.82, 2.24) is 10.2 Å². The minimum absolute atomic E-state index is 0.00341. The van der Waals surface area contributed by atoms with E-state index < -0.39 is 12.1 Å². The van der Waals surface area contributed by atoms with Crippen molar-refractivity contribution < 1.29 is 19.1 Å². The third-order valence-corrected chi connectivity index (χ3v) is 8.56. The van der Waals surface area contributed by atoms with E-state index in [0.29, 0.717) is 31.6 Å². The molecule has 4 fully saturated rings. The standard InChI is InChI=1S/C27H33N3O4/c1-18-3-5-21(6-4-18)34-16-24(32)30-17-27(7-2-8-27)13-22(30)25(33)29-20(15-28)11-19-12-26(9-10-26)14-23(19)31/h3-6,19-20,22H,2,7-14,16-17H2,1H3,(H,29,33)/t19-,20+,22?/m1/s1. The van der Waals surface area contributed by atoms with E-state index in [0.717, 1.165) is 44.1 Å². The number of ether oxygens (including phenoxy) is 1. The maximum absolute atomic E-state index is 13.3. The molecule has 1 aliphatic heterocycles. The number of aryl methyl sites for hydroxylation is 1. The van der Waals surface area contributed by atoms with Crippen LogP contribution in [0.25, 0.3) is 0 Å². The summed E-state index contributed by atoms with van der Waals surface area (Å²) in [5, 5.41) is 12.6. The molecule has 1 aromatic rings. The molecule has 1 N–H and O–H groups in total. The maximum Gasteiger partial charge on any atom is 0.261 e. The molecule has 1 aromatic carbocycles. The molecule has 1 unspecified atom stereocenters. The van der Waals surface area contributed by atoms with Gasteiger partial charge in [-0.3, -0.25) is 14.4 Å². The summed E-state index contributed by atoms with van der Waals surface area (Å²) in [6.07, 6.45) is 7.80. The van der Waals surface area contributed by atoms with Crippen molar-refractivity contribution in [3.63, 3.8) is 0 Å². The molecular formula is C27H33N3O4. The smallest absolute Gasteiger partial charge is 0.261 e. The Bertz CT molecular complexity index is 1020. The molecule has 0 aromatic heterocycles.